The van der Waals surface area contributed by atoms with E-state index >= 15 is 0 Å². The predicted molar refractivity (Wildman–Crippen MR) is 95.3 cm³/mol. The van der Waals surface area contributed by atoms with Gasteiger partial charge in [-0.05, 0) is 49.7 Å². The molecule has 2 heteroatoms. The Balaban J connectivity index is 1.79. The van der Waals surface area contributed by atoms with Crippen LogP contribution in [0.3, 0.4) is 0 Å². The maximum Gasteiger partial charge on any atom is 0.0431 e. The molecule has 0 heterocycles. The molecule has 2 atom stereocenters. The van der Waals surface area contributed by atoms with Crippen molar-refractivity contribution in [3.8, 4) is 0 Å². The second-order valence-electron chi connectivity index (χ2n) is 6.72. The Bertz CT molecular complexity index is 589. The molecule has 0 aromatic heterocycles. The van der Waals surface area contributed by atoms with Crippen LogP contribution in [0.2, 0.25) is 0 Å². The van der Waals surface area contributed by atoms with Crippen LogP contribution in [-0.4, -0.2) is 11.7 Å². The molecule has 0 radical (unpaired) electrons. The normalized spacial score (nSPS) is 17.0. The Morgan fingerprint density at radius 1 is 1.00 bits per heavy atom. The zero-order valence-electron chi connectivity index (χ0n) is 13.9. The molecule has 122 valence electrons. The topological polar surface area (TPSA) is 32.3 Å². The molecular weight excluding hydrogens is 282 g/mol. The zero-order chi connectivity index (χ0) is 16.1. The molecule has 0 bridgehead atoms. The van der Waals surface area contributed by atoms with Gasteiger partial charge in [0.1, 0.15) is 0 Å². The third kappa shape index (κ3) is 4.43. The number of nitrogens with one attached hydrogen (secondary N) is 1. The molecule has 0 aliphatic heterocycles. The molecule has 0 amide bonds. The molecule has 3 rings (SSSR count). The Hall–Kier alpha value is -1.64. The highest BCUT2D eigenvalue weighted by Crippen LogP contribution is 2.42. The van der Waals surface area contributed by atoms with E-state index in [1.165, 1.54) is 29.5 Å². The number of aryl methyl sites for hydroxylation is 1. The molecule has 2 aromatic rings. The molecule has 0 saturated heterocycles. The van der Waals surface area contributed by atoms with Crippen LogP contribution < -0.4 is 5.32 Å². The molecule has 1 aliphatic rings. The summed E-state index contributed by atoms with van der Waals surface area (Å²) in [5.41, 5.74) is 4.02. The van der Waals surface area contributed by atoms with Crippen molar-refractivity contribution in [1.82, 2.24) is 5.32 Å². The maximum atomic E-state index is 9.24. The van der Waals surface area contributed by atoms with Gasteiger partial charge in [-0.2, -0.15) is 0 Å². The van der Waals surface area contributed by atoms with Crippen LogP contribution in [0.15, 0.2) is 54.6 Å². The largest absolute Gasteiger partial charge is 0.396 e. The van der Waals surface area contributed by atoms with Gasteiger partial charge in [0.2, 0.25) is 0 Å². The Morgan fingerprint density at radius 3 is 2.30 bits per heavy atom. The van der Waals surface area contributed by atoms with Gasteiger partial charge in [0.05, 0.1) is 0 Å². The van der Waals surface area contributed by atoms with Gasteiger partial charge in [0.15, 0.2) is 0 Å². The van der Waals surface area contributed by atoms with Gasteiger partial charge in [-0.25, -0.2) is 0 Å². The van der Waals surface area contributed by atoms with E-state index in [0.717, 1.165) is 18.8 Å². The number of hydrogen-bond donors (Lipinski definition) is 2. The van der Waals surface area contributed by atoms with Crippen molar-refractivity contribution in [2.45, 2.75) is 44.7 Å². The monoisotopic (exact) mass is 309 g/mol. The molecule has 0 spiro atoms. The van der Waals surface area contributed by atoms with Gasteiger partial charge < -0.3 is 10.4 Å². The second kappa shape index (κ2) is 7.76. The highest BCUT2D eigenvalue weighted by molar-refractivity contribution is 5.27. The van der Waals surface area contributed by atoms with E-state index in [0.29, 0.717) is 12.1 Å². The number of benzene rings is 2. The van der Waals surface area contributed by atoms with Crippen molar-refractivity contribution in [1.29, 1.82) is 0 Å². The van der Waals surface area contributed by atoms with E-state index < -0.39 is 0 Å². The number of aliphatic hydroxyl groups is 1. The lowest BCUT2D eigenvalue weighted by Gasteiger charge is -2.27. The van der Waals surface area contributed by atoms with Crippen molar-refractivity contribution in [2.75, 3.05) is 6.61 Å². The summed E-state index contributed by atoms with van der Waals surface area (Å²) in [4.78, 5) is 0. The Morgan fingerprint density at radius 2 is 1.70 bits per heavy atom. The summed E-state index contributed by atoms with van der Waals surface area (Å²) >= 11 is 0. The van der Waals surface area contributed by atoms with Crippen LogP contribution >= 0.6 is 0 Å². The summed E-state index contributed by atoms with van der Waals surface area (Å²) in [6.45, 7) is 2.39. The van der Waals surface area contributed by atoms with Crippen LogP contribution in [0.5, 0.6) is 0 Å². The fourth-order valence-electron chi connectivity index (χ4n) is 3.25. The lowest BCUT2D eigenvalue weighted by Crippen LogP contribution is -2.28. The molecule has 23 heavy (non-hydrogen) atoms. The fourth-order valence-corrected chi connectivity index (χ4v) is 3.25. The first-order chi connectivity index (χ1) is 11.3. The Kier molecular flexibility index (Phi) is 5.47. The first-order valence-corrected chi connectivity index (χ1v) is 8.76. The van der Waals surface area contributed by atoms with Gasteiger partial charge in [-0.15, -0.1) is 0 Å². The average molecular weight is 309 g/mol. The lowest BCUT2D eigenvalue weighted by molar-refractivity contribution is 0.269. The van der Waals surface area contributed by atoms with Crippen LogP contribution in [0.1, 0.15) is 54.5 Å². The first kappa shape index (κ1) is 16.2. The zero-order valence-corrected chi connectivity index (χ0v) is 13.9. The van der Waals surface area contributed by atoms with Gasteiger partial charge in [0, 0.05) is 18.7 Å². The van der Waals surface area contributed by atoms with Crippen LogP contribution in [0.4, 0.5) is 0 Å². The number of aliphatic hydroxyl groups excluding tert-OH is 1. The minimum Gasteiger partial charge on any atom is -0.396 e. The molecule has 1 fully saturated rings. The van der Waals surface area contributed by atoms with Gasteiger partial charge in [0.25, 0.3) is 0 Å². The Labute approximate surface area is 139 Å². The lowest BCUT2D eigenvalue weighted by atomic mass is 9.96. The molecule has 1 aliphatic carbocycles. The smallest absolute Gasteiger partial charge is 0.0431 e. The fraction of sp³-hybridized carbons (Fsp3) is 0.429. The van der Waals surface area contributed by atoms with Crippen molar-refractivity contribution in [3.05, 3.63) is 71.3 Å². The summed E-state index contributed by atoms with van der Waals surface area (Å²) in [5, 5.41) is 13.1. The maximum absolute atomic E-state index is 9.24. The quantitative estimate of drug-likeness (QED) is 0.750. The minimum absolute atomic E-state index is 0.254. The van der Waals surface area contributed by atoms with Crippen molar-refractivity contribution >= 4 is 0 Å². The van der Waals surface area contributed by atoms with E-state index in [1.807, 2.05) is 0 Å². The van der Waals surface area contributed by atoms with Crippen molar-refractivity contribution < 1.29 is 5.11 Å². The average Bonchev–Trinajstić information content (AvgIpc) is 3.42. The third-order valence-corrected chi connectivity index (χ3v) is 4.76. The standard InChI is InChI=1S/C21H27NO/c1-16-9-11-18(12-10-16)21(19-13-14-19)22-20(8-5-15-23)17-6-3-2-4-7-17/h2-4,6-7,9-12,19-23H,5,8,13-15H2,1H3. The van der Waals surface area contributed by atoms with E-state index in [-0.39, 0.29) is 6.61 Å². The third-order valence-electron chi connectivity index (χ3n) is 4.76. The van der Waals surface area contributed by atoms with Crippen LogP contribution in [-0.2, 0) is 0 Å². The molecule has 2 unspecified atom stereocenters. The second-order valence-corrected chi connectivity index (χ2v) is 6.72. The number of rotatable bonds is 8. The molecule has 2 N–H and O–H groups in total. The highest BCUT2D eigenvalue weighted by Gasteiger charge is 2.33. The first-order valence-electron chi connectivity index (χ1n) is 8.76. The van der Waals surface area contributed by atoms with E-state index in [2.05, 4.69) is 66.8 Å². The number of hydrogen-bond acceptors (Lipinski definition) is 2. The van der Waals surface area contributed by atoms with Gasteiger partial charge >= 0.3 is 0 Å². The van der Waals surface area contributed by atoms with E-state index in [1.54, 1.807) is 0 Å². The van der Waals surface area contributed by atoms with E-state index in [4.69, 9.17) is 0 Å². The van der Waals surface area contributed by atoms with Crippen LogP contribution in [0, 0.1) is 12.8 Å². The molecule has 2 nitrogen and oxygen atoms in total. The van der Waals surface area contributed by atoms with E-state index in [9.17, 15) is 5.11 Å². The summed E-state index contributed by atoms with van der Waals surface area (Å²) in [6.07, 6.45) is 4.42. The van der Waals surface area contributed by atoms with Gasteiger partial charge in [-0.1, -0.05) is 60.2 Å². The van der Waals surface area contributed by atoms with Crippen molar-refractivity contribution in [2.24, 2.45) is 5.92 Å². The molecular formula is C21H27NO. The van der Waals surface area contributed by atoms with Crippen molar-refractivity contribution in [3.63, 3.8) is 0 Å². The summed E-state index contributed by atoms with van der Waals surface area (Å²) in [7, 11) is 0. The minimum atomic E-state index is 0.254. The SMILES string of the molecule is Cc1ccc(C(NC(CCCO)c2ccccc2)C2CC2)cc1. The highest BCUT2D eigenvalue weighted by atomic mass is 16.2. The predicted octanol–water partition coefficient (Wildman–Crippen LogP) is 4.55. The summed E-state index contributed by atoms with van der Waals surface area (Å²) in [6, 6.07) is 20.3. The molecule has 1 saturated carbocycles. The summed E-state index contributed by atoms with van der Waals surface area (Å²) in [5.74, 6) is 0.748. The van der Waals surface area contributed by atoms with Gasteiger partial charge in [-0.3, -0.25) is 0 Å². The summed E-state index contributed by atoms with van der Waals surface area (Å²) < 4.78 is 0. The molecule has 2 aromatic carbocycles. The van der Waals surface area contributed by atoms with Crippen LogP contribution in [0.25, 0.3) is 0 Å².